The van der Waals surface area contributed by atoms with Crippen LogP contribution in [0.3, 0.4) is 0 Å². The average Bonchev–Trinajstić information content (AvgIpc) is 2.78. The van der Waals surface area contributed by atoms with Crippen molar-refractivity contribution in [3.05, 3.63) is 77.7 Å². The van der Waals surface area contributed by atoms with Crippen LogP contribution < -0.4 is 10.2 Å². The lowest BCUT2D eigenvalue weighted by atomic mass is 9.97. The summed E-state index contributed by atoms with van der Waals surface area (Å²) in [5.41, 5.74) is 2.93. The van der Waals surface area contributed by atoms with Gasteiger partial charge >= 0.3 is 0 Å². The van der Waals surface area contributed by atoms with Gasteiger partial charge in [-0.1, -0.05) is 42.0 Å². The molecule has 6 heteroatoms. The van der Waals surface area contributed by atoms with E-state index in [4.69, 9.17) is 0 Å². The molecule has 1 atom stereocenters. The molecule has 154 valence electrons. The first-order chi connectivity index (χ1) is 14.6. The molecule has 1 amide bonds. The molecule has 3 aromatic rings. The van der Waals surface area contributed by atoms with Crippen LogP contribution in [-0.2, 0) is 11.3 Å². The molecule has 1 saturated heterocycles. The Balaban J connectivity index is 1.42. The maximum absolute atomic E-state index is 13.6. The highest BCUT2D eigenvalue weighted by molar-refractivity contribution is 5.79. The number of hydrogen-bond donors (Lipinski definition) is 1. The average molecular weight is 404 g/mol. The van der Waals surface area contributed by atoms with Gasteiger partial charge in [-0.15, -0.1) is 0 Å². The Hall–Kier alpha value is -3.28. The van der Waals surface area contributed by atoms with Gasteiger partial charge in [-0.25, -0.2) is 14.4 Å². The monoisotopic (exact) mass is 404 g/mol. The minimum Gasteiger partial charge on any atom is -0.356 e. The van der Waals surface area contributed by atoms with Crippen LogP contribution >= 0.6 is 0 Å². The number of aryl methyl sites for hydroxylation is 1. The van der Waals surface area contributed by atoms with Crippen LogP contribution in [-0.4, -0.2) is 29.0 Å². The predicted molar refractivity (Wildman–Crippen MR) is 115 cm³/mol. The highest BCUT2D eigenvalue weighted by Gasteiger charge is 2.26. The Bertz CT molecular complexity index is 1040. The van der Waals surface area contributed by atoms with Crippen molar-refractivity contribution < 1.29 is 9.18 Å². The van der Waals surface area contributed by atoms with Crippen molar-refractivity contribution in [1.82, 2.24) is 15.3 Å². The Kier molecular flexibility index (Phi) is 6.02. The van der Waals surface area contributed by atoms with Crippen LogP contribution in [0.2, 0.25) is 0 Å². The first-order valence-corrected chi connectivity index (χ1v) is 10.3. The zero-order valence-electron chi connectivity index (χ0n) is 17.0. The second-order valence-electron chi connectivity index (χ2n) is 7.74. The highest BCUT2D eigenvalue weighted by Crippen LogP contribution is 2.24. The topological polar surface area (TPSA) is 58.1 Å². The molecule has 0 radical (unpaired) electrons. The van der Waals surface area contributed by atoms with Crippen molar-refractivity contribution in [3.8, 4) is 11.4 Å². The zero-order chi connectivity index (χ0) is 20.9. The summed E-state index contributed by atoms with van der Waals surface area (Å²) in [7, 11) is 0. The molecule has 1 aliphatic heterocycles. The molecule has 0 saturated carbocycles. The van der Waals surface area contributed by atoms with Crippen molar-refractivity contribution in [3.63, 3.8) is 0 Å². The number of amides is 1. The fraction of sp³-hybridized carbons (Fsp3) is 0.292. The fourth-order valence-electron chi connectivity index (χ4n) is 3.85. The molecule has 1 aromatic heterocycles. The van der Waals surface area contributed by atoms with E-state index in [2.05, 4.69) is 26.3 Å². The number of hydrogen-bond acceptors (Lipinski definition) is 4. The van der Waals surface area contributed by atoms with Crippen LogP contribution in [0, 0.1) is 18.7 Å². The Morgan fingerprint density at radius 2 is 2.07 bits per heavy atom. The van der Waals surface area contributed by atoms with Crippen molar-refractivity contribution >= 4 is 11.7 Å². The van der Waals surface area contributed by atoms with Crippen molar-refractivity contribution in [1.29, 1.82) is 0 Å². The first kappa shape index (κ1) is 20.0. The molecule has 30 heavy (non-hydrogen) atoms. The molecule has 0 aliphatic carbocycles. The Morgan fingerprint density at radius 3 is 2.90 bits per heavy atom. The molecule has 0 spiro atoms. The van der Waals surface area contributed by atoms with E-state index in [-0.39, 0.29) is 17.6 Å². The SMILES string of the molecule is Cc1cccc(CNC(=O)[C@@H]2CCCN(c3ccnc(-c4cccc(F)c4)n3)C2)c1. The third-order valence-electron chi connectivity index (χ3n) is 5.39. The number of nitrogens with zero attached hydrogens (tertiary/aromatic N) is 3. The highest BCUT2D eigenvalue weighted by atomic mass is 19.1. The van der Waals surface area contributed by atoms with E-state index in [9.17, 15) is 9.18 Å². The molecule has 2 heterocycles. The number of rotatable bonds is 5. The molecule has 4 rings (SSSR count). The number of piperidine rings is 1. The predicted octanol–water partition coefficient (Wildman–Crippen LogP) is 4.12. The van der Waals surface area contributed by atoms with Gasteiger partial charge in [0.05, 0.1) is 5.92 Å². The summed E-state index contributed by atoms with van der Waals surface area (Å²) in [5.74, 6) is 0.917. The van der Waals surface area contributed by atoms with Gasteiger partial charge in [-0.3, -0.25) is 4.79 Å². The van der Waals surface area contributed by atoms with E-state index < -0.39 is 0 Å². The molecule has 5 nitrogen and oxygen atoms in total. The van der Waals surface area contributed by atoms with E-state index in [1.54, 1.807) is 18.3 Å². The van der Waals surface area contributed by atoms with Crippen LogP contribution in [0.1, 0.15) is 24.0 Å². The normalized spacial score (nSPS) is 16.3. The number of carbonyl (C=O) groups is 1. The van der Waals surface area contributed by atoms with Crippen LogP contribution in [0.5, 0.6) is 0 Å². The minimum atomic E-state index is -0.315. The maximum Gasteiger partial charge on any atom is 0.225 e. The van der Waals surface area contributed by atoms with E-state index in [0.29, 0.717) is 24.5 Å². The third-order valence-corrected chi connectivity index (χ3v) is 5.39. The van der Waals surface area contributed by atoms with Crippen LogP contribution in [0.15, 0.2) is 60.8 Å². The summed E-state index contributed by atoms with van der Waals surface area (Å²) < 4.78 is 13.6. The first-order valence-electron chi connectivity index (χ1n) is 10.3. The van der Waals surface area contributed by atoms with E-state index >= 15 is 0 Å². The van der Waals surface area contributed by atoms with Gasteiger partial charge in [0.1, 0.15) is 11.6 Å². The van der Waals surface area contributed by atoms with E-state index in [0.717, 1.165) is 30.8 Å². The maximum atomic E-state index is 13.6. The number of carbonyl (C=O) groups excluding carboxylic acids is 1. The Morgan fingerprint density at radius 1 is 1.20 bits per heavy atom. The van der Waals surface area contributed by atoms with Gasteiger partial charge in [-0.2, -0.15) is 0 Å². The van der Waals surface area contributed by atoms with Gasteiger partial charge in [0.25, 0.3) is 0 Å². The number of nitrogens with one attached hydrogen (secondary N) is 1. The summed E-state index contributed by atoms with van der Waals surface area (Å²) >= 11 is 0. The summed E-state index contributed by atoms with van der Waals surface area (Å²) in [6, 6.07) is 16.3. The van der Waals surface area contributed by atoms with Gasteiger partial charge in [0, 0.05) is 31.4 Å². The molecule has 1 fully saturated rings. The lowest BCUT2D eigenvalue weighted by Gasteiger charge is -2.33. The largest absolute Gasteiger partial charge is 0.356 e. The Labute approximate surface area is 176 Å². The number of aromatic nitrogens is 2. The molecular formula is C24H25FN4O. The minimum absolute atomic E-state index is 0.0700. The summed E-state index contributed by atoms with van der Waals surface area (Å²) in [6.07, 6.45) is 3.46. The lowest BCUT2D eigenvalue weighted by Crippen LogP contribution is -2.43. The van der Waals surface area contributed by atoms with Crippen molar-refractivity contribution in [2.45, 2.75) is 26.3 Å². The van der Waals surface area contributed by atoms with Crippen LogP contribution in [0.4, 0.5) is 10.2 Å². The lowest BCUT2D eigenvalue weighted by molar-refractivity contribution is -0.125. The quantitative estimate of drug-likeness (QED) is 0.695. The zero-order valence-corrected chi connectivity index (χ0v) is 17.0. The third kappa shape index (κ3) is 4.82. The molecular weight excluding hydrogens is 379 g/mol. The second-order valence-corrected chi connectivity index (χ2v) is 7.74. The molecule has 2 aromatic carbocycles. The second kappa shape index (κ2) is 9.03. The number of anilines is 1. The summed E-state index contributed by atoms with van der Waals surface area (Å²) in [4.78, 5) is 23.8. The summed E-state index contributed by atoms with van der Waals surface area (Å²) in [5, 5.41) is 3.07. The molecule has 1 N–H and O–H groups in total. The van der Waals surface area contributed by atoms with Crippen molar-refractivity contribution in [2.75, 3.05) is 18.0 Å². The van der Waals surface area contributed by atoms with Crippen LogP contribution in [0.25, 0.3) is 11.4 Å². The smallest absolute Gasteiger partial charge is 0.225 e. The van der Waals surface area contributed by atoms with Gasteiger partial charge in [0.2, 0.25) is 5.91 Å². The fourth-order valence-corrected chi connectivity index (χ4v) is 3.85. The molecule has 0 bridgehead atoms. The van der Waals surface area contributed by atoms with Crippen molar-refractivity contribution in [2.24, 2.45) is 5.92 Å². The van der Waals surface area contributed by atoms with Gasteiger partial charge in [-0.05, 0) is 43.5 Å². The molecule has 1 aliphatic rings. The standard InChI is InChI=1S/C24H25FN4O/c1-17-5-2-6-18(13-17)15-27-24(30)20-8-4-12-29(16-20)22-10-11-26-23(28-22)19-7-3-9-21(25)14-19/h2-3,5-7,9-11,13-14,20H,4,8,12,15-16H2,1H3,(H,27,30)/t20-/m1/s1. The molecule has 0 unspecified atom stereocenters. The number of benzene rings is 2. The van der Waals surface area contributed by atoms with E-state index in [1.165, 1.54) is 17.7 Å². The van der Waals surface area contributed by atoms with Gasteiger partial charge in [0.15, 0.2) is 5.82 Å². The number of halogens is 1. The van der Waals surface area contributed by atoms with Gasteiger partial charge < -0.3 is 10.2 Å². The van der Waals surface area contributed by atoms with E-state index in [1.807, 2.05) is 31.2 Å². The summed E-state index contributed by atoms with van der Waals surface area (Å²) in [6.45, 7) is 4.03.